The number of rotatable bonds is 4. The molecule has 0 spiro atoms. The summed E-state index contributed by atoms with van der Waals surface area (Å²) in [5, 5.41) is 0. The van der Waals surface area contributed by atoms with E-state index >= 15 is 0 Å². The number of benzene rings is 2. The Morgan fingerprint density at radius 2 is 1.85 bits per heavy atom. The third kappa shape index (κ3) is 3.33. The van der Waals surface area contributed by atoms with Gasteiger partial charge in [-0.1, -0.05) is 30.3 Å². The molecule has 138 valence electrons. The molecule has 6 heteroatoms. The predicted molar refractivity (Wildman–Crippen MR) is 104 cm³/mol. The van der Waals surface area contributed by atoms with Crippen molar-refractivity contribution in [1.29, 1.82) is 0 Å². The Balaban J connectivity index is 1.87. The van der Waals surface area contributed by atoms with E-state index in [2.05, 4.69) is 0 Å². The Morgan fingerprint density at radius 3 is 2.46 bits per heavy atom. The van der Waals surface area contributed by atoms with E-state index < -0.39 is 10.0 Å². The second kappa shape index (κ2) is 6.76. The van der Waals surface area contributed by atoms with Gasteiger partial charge in [-0.25, -0.2) is 8.42 Å². The molecule has 3 rings (SSSR count). The zero-order chi connectivity index (χ0) is 19.1. The molecule has 0 radical (unpaired) electrons. The number of nitrogens with zero attached hydrogens (tertiary/aromatic N) is 2. The first-order chi connectivity index (χ1) is 12.2. The number of amides is 1. The summed E-state index contributed by atoms with van der Waals surface area (Å²) in [5.41, 5.74) is 3.22. The Kier molecular flexibility index (Phi) is 4.80. The van der Waals surface area contributed by atoms with Crippen LogP contribution in [0.2, 0.25) is 0 Å². The number of carbonyl (C=O) groups excluding carboxylic acids is 1. The Morgan fingerprint density at radius 1 is 1.19 bits per heavy atom. The molecule has 26 heavy (non-hydrogen) atoms. The summed E-state index contributed by atoms with van der Waals surface area (Å²) in [6.07, 6.45) is 1.83. The van der Waals surface area contributed by atoms with E-state index in [-0.39, 0.29) is 18.0 Å². The Labute approximate surface area is 155 Å². The van der Waals surface area contributed by atoms with Gasteiger partial charge in [-0.2, -0.15) is 0 Å². The fraction of sp³-hybridized carbons (Fsp3) is 0.350. The van der Waals surface area contributed by atoms with Gasteiger partial charge in [0.25, 0.3) is 5.91 Å². The largest absolute Gasteiger partial charge is 0.335 e. The van der Waals surface area contributed by atoms with E-state index in [4.69, 9.17) is 0 Å². The maximum Gasteiger partial charge on any atom is 0.254 e. The Hall–Kier alpha value is -2.34. The lowest BCUT2D eigenvalue weighted by Gasteiger charge is -2.26. The molecular formula is C20H24N2O3S. The summed E-state index contributed by atoms with van der Waals surface area (Å²) in [5.74, 6) is -0.0744. The lowest BCUT2D eigenvalue weighted by atomic mass is 10.0. The number of anilines is 1. The van der Waals surface area contributed by atoms with Crippen molar-refractivity contribution in [3.8, 4) is 0 Å². The highest BCUT2D eigenvalue weighted by molar-refractivity contribution is 7.92. The number of carbonyl (C=O) groups is 1. The van der Waals surface area contributed by atoms with Gasteiger partial charge in [0, 0.05) is 18.7 Å². The summed E-state index contributed by atoms with van der Waals surface area (Å²) >= 11 is 0. The van der Waals surface area contributed by atoms with Crippen LogP contribution in [0.4, 0.5) is 5.69 Å². The average molecular weight is 372 g/mol. The zero-order valence-electron chi connectivity index (χ0n) is 15.5. The van der Waals surface area contributed by atoms with Crippen LogP contribution >= 0.6 is 0 Å². The molecule has 1 aliphatic rings. The maximum atomic E-state index is 12.9. The predicted octanol–water partition coefficient (Wildman–Crippen LogP) is 3.23. The zero-order valence-corrected chi connectivity index (χ0v) is 16.3. The SMILES string of the molecule is CC(c1ccccc1)N(C)C(=O)c1ccc2c(c1)CC(C)N2S(C)(=O)=O. The quantitative estimate of drug-likeness (QED) is 0.828. The minimum atomic E-state index is -3.33. The summed E-state index contributed by atoms with van der Waals surface area (Å²) in [4.78, 5) is 14.6. The van der Waals surface area contributed by atoms with Crippen LogP contribution in [-0.2, 0) is 16.4 Å². The van der Waals surface area contributed by atoms with Gasteiger partial charge in [0.15, 0.2) is 0 Å². The van der Waals surface area contributed by atoms with E-state index in [1.165, 1.54) is 10.6 Å². The molecule has 1 heterocycles. The highest BCUT2D eigenvalue weighted by atomic mass is 32.2. The van der Waals surface area contributed by atoms with Crippen molar-refractivity contribution in [2.45, 2.75) is 32.4 Å². The molecule has 2 atom stereocenters. The summed E-state index contributed by atoms with van der Waals surface area (Å²) in [7, 11) is -1.54. The van der Waals surface area contributed by atoms with Crippen LogP contribution in [-0.4, -0.2) is 38.6 Å². The minimum absolute atomic E-state index is 0.0524. The minimum Gasteiger partial charge on any atom is -0.335 e. The molecule has 5 nitrogen and oxygen atoms in total. The first-order valence-electron chi connectivity index (χ1n) is 8.64. The van der Waals surface area contributed by atoms with Crippen molar-refractivity contribution >= 4 is 21.6 Å². The summed E-state index contributed by atoms with van der Waals surface area (Å²) in [6.45, 7) is 3.88. The lowest BCUT2D eigenvalue weighted by Crippen LogP contribution is -2.34. The molecule has 1 amide bonds. The topological polar surface area (TPSA) is 57.7 Å². The molecule has 1 aliphatic heterocycles. The van der Waals surface area contributed by atoms with Crippen molar-refractivity contribution in [1.82, 2.24) is 4.90 Å². The van der Waals surface area contributed by atoms with Gasteiger partial charge in [-0.05, 0) is 49.6 Å². The van der Waals surface area contributed by atoms with E-state index in [9.17, 15) is 13.2 Å². The standard InChI is InChI=1S/C20H24N2O3S/c1-14-12-18-13-17(10-11-19(18)22(14)26(4,24)25)20(23)21(3)15(2)16-8-6-5-7-9-16/h5-11,13-15H,12H2,1-4H3. The number of hydrogen-bond donors (Lipinski definition) is 0. The van der Waals surface area contributed by atoms with Crippen LogP contribution in [0, 0.1) is 0 Å². The second-order valence-electron chi connectivity index (χ2n) is 6.96. The maximum absolute atomic E-state index is 12.9. The molecule has 0 fully saturated rings. The van der Waals surface area contributed by atoms with Crippen molar-refractivity contribution in [3.63, 3.8) is 0 Å². The fourth-order valence-corrected chi connectivity index (χ4v) is 4.84. The van der Waals surface area contributed by atoms with E-state index in [0.717, 1.165) is 11.1 Å². The van der Waals surface area contributed by atoms with Crippen LogP contribution in [0.15, 0.2) is 48.5 Å². The molecule has 2 unspecified atom stereocenters. The van der Waals surface area contributed by atoms with Crippen molar-refractivity contribution in [2.75, 3.05) is 17.6 Å². The van der Waals surface area contributed by atoms with Crippen molar-refractivity contribution < 1.29 is 13.2 Å². The normalized spacial score (nSPS) is 17.7. The third-order valence-electron chi connectivity index (χ3n) is 5.02. The van der Waals surface area contributed by atoms with Crippen molar-refractivity contribution in [2.24, 2.45) is 0 Å². The first-order valence-corrected chi connectivity index (χ1v) is 10.5. The van der Waals surface area contributed by atoms with Gasteiger partial charge in [0.05, 0.1) is 18.0 Å². The molecule has 0 saturated carbocycles. The highest BCUT2D eigenvalue weighted by Crippen LogP contribution is 2.35. The van der Waals surface area contributed by atoms with Crippen LogP contribution in [0.25, 0.3) is 0 Å². The van der Waals surface area contributed by atoms with Gasteiger partial charge in [-0.3, -0.25) is 9.10 Å². The van der Waals surface area contributed by atoms with E-state index in [0.29, 0.717) is 17.7 Å². The molecule has 0 aliphatic carbocycles. The molecule has 0 saturated heterocycles. The van der Waals surface area contributed by atoms with E-state index in [1.54, 1.807) is 24.1 Å². The Bertz CT molecular complexity index is 925. The third-order valence-corrected chi connectivity index (χ3v) is 6.29. The van der Waals surface area contributed by atoms with Crippen LogP contribution < -0.4 is 4.31 Å². The molecule has 0 aromatic heterocycles. The lowest BCUT2D eigenvalue weighted by molar-refractivity contribution is 0.0742. The van der Waals surface area contributed by atoms with Gasteiger partial charge >= 0.3 is 0 Å². The van der Waals surface area contributed by atoms with E-state index in [1.807, 2.05) is 50.2 Å². The monoisotopic (exact) mass is 372 g/mol. The number of fused-ring (bicyclic) bond motifs is 1. The van der Waals surface area contributed by atoms with Crippen LogP contribution in [0.5, 0.6) is 0 Å². The molecule has 2 aromatic rings. The molecule has 0 bridgehead atoms. The number of sulfonamides is 1. The van der Waals surface area contributed by atoms with Gasteiger partial charge in [0.1, 0.15) is 0 Å². The molecule has 0 N–H and O–H groups in total. The van der Waals surface area contributed by atoms with Crippen molar-refractivity contribution in [3.05, 3.63) is 65.2 Å². The smallest absolute Gasteiger partial charge is 0.254 e. The number of hydrogen-bond acceptors (Lipinski definition) is 3. The highest BCUT2D eigenvalue weighted by Gasteiger charge is 2.33. The van der Waals surface area contributed by atoms with Gasteiger partial charge < -0.3 is 4.90 Å². The van der Waals surface area contributed by atoms with Crippen LogP contribution in [0.1, 0.15) is 41.4 Å². The molecule has 2 aromatic carbocycles. The second-order valence-corrected chi connectivity index (χ2v) is 8.82. The van der Waals surface area contributed by atoms with Crippen LogP contribution in [0.3, 0.4) is 0 Å². The average Bonchev–Trinajstić information content (AvgIpc) is 2.95. The molecular weight excluding hydrogens is 348 g/mol. The summed E-state index contributed by atoms with van der Waals surface area (Å²) in [6, 6.07) is 15.0. The van der Waals surface area contributed by atoms with Gasteiger partial charge in [0.2, 0.25) is 10.0 Å². The van der Waals surface area contributed by atoms with Gasteiger partial charge in [-0.15, -0.1) is 0 Å². The summed E-state index contributed by atoms with van der Waals surface area (Å²) < 4.78 is 25.5. The fourth-order valence-electron chi connectivity index (χ4n) is 3.58. The first kappa shape index (κ1) is 18.5.